The van der Waals surface area contributed by atoms with Crippen LogP contribution in [0.4, 0.5) is 0 Å². The molecule has 1 aromatic carbocycles. The fraction of sp³-hybridized carbons (Fsp3) is 0.400. The number of carboxylic acid groups (broad SMARTS) is 1. The van der Waals surface area contributed by atoms with E-state index in [0.717, 1.165) is 11.1 Å². The second-order valence-electron chi connectivity index (χ2n) is 5.07. The molecule has 0 amide bonds. The summed E-state index contributed by atoms with van der Waals surface area (Å²) in [4.78, 5) is 12.3. The monoisotopic (exact) mass is 261 g/mol. The van der Waals surface area contributed by atoms with Gasteiger partial charge in [-0.2, -0.15) is 0 Å². The van der Waals surface area contributed by atoms with Crippen molar-refractivity contribution in [2.45, 2.75) is 26.0 Å². The molecule has 0 aliphatic rings. The van der Waals surface area contributed by atoms with Gasteiger partial charge in [-0.05, 0) is 38.6 Å². The minimum Gasteiger partial charge on any atom is -0.480 e. The molecule has 4 nitrogen and oxygen atoms in total. The standard InChI is InChI=1S/C15H19NO3/c1-15(2,19)9-8-12-4-6-13(7-5-12)10-16(3)11-14(17)18/h4-7,19H,10-11H2,1-3H3,(H,17,18). The van der Waals surface area contributed by atoms with E-state index in [4.69, 9.17) is 5.11 Å². The molecule has 1 rings (SSSR count). The number of aliphatic carboxylic acids is 1. The summed E-state index contributed by atoms with van der Waals surface area (Å²) < 4.78 is 0. The molecule has 0 saturated carbocycles. The molecule has 0 atom stereocenters. The average Bonchev–Trinajstić information content (AvgIpc) is 2.26. The number of hydrogen-bond donors (Lipinski definition) is 2. The molecule has 0 spiro atoms. The number of carbonyl (C=O) groups is 1. The first kappa shape index (κ1) is 15.2. The Morgan fingerprint density at radius 1 is 1.32 bits per heavy atom. The van der Waals surface area contributed by atoms with Crippen molar-refractivity contribution in [3.63, 3.8) is 0 Å². The predicted octanol–water partition coefficient (Wildman–Crippen LogP) is 1.33. The fourth-order valence-electron chi connectivity index (χ4n) is 1.52. The van der Waals surface area contributed by atoms with Crippen molar-refractivity contribution in [1.82, 2.24) is 4.90 Å². The summed E-state index contributed by atoms with van der Waals surface area (Å²) in [6, 6.07) is 7.55. The lowest BCUT2D eigenvalue weighted by Crippen LogP contribution is -2.25. The molecule has 0 fully saturated rings. The highest BCUT2D eigenvalue weighted by Crippen LogP contribution is 2.07. The molecule has 0 aliphatic heterocycles. The largest absolute Gasteiger partial charge is 0.480 e. The number of benzene rings is 1. The van der Waals surface area contributed by atoms with E-state index in [2.05, 4.69) is 11.8 Å². The van der Waals surface area contributed by atoms with Crippen LogP contribution in [-0.2, 0) is 11.3 Å². The van der Waals surface area contributed by atoms with E-state index >= 15 is 0 Å². The summed E-state index contributed by atoms with van der Waals surface area (Å²) in [6.07, 6.45) is 0. The van der Waals surface area contributed by atoms with E-state index in [1.54, 1.807) is 25.8 Å². The van der Waals surface area contributed by atoms with Crippen molar-refractivity contribution in [2.75, 3.05) is 13.6 Å². The maximum absolute atomic E-state index is 10.5. The Bertz CT molecular complexity index is 489. The molecule has 0 aromatic heterocycles. The maximum atomic E-state index is 10.5. The van der Waals surface area contributed by atoms with Gasteiger partial charge in [-0.25, -0.2) is 0 Å². The highest BCUT2D eigenvalue weighted by molar-refractivity contribution is 5.69. The average molecular weight is 261 g/mol. The quantitative estimate of drug-likeness (QED) is 0.803. The minimum atomic E-state index is -1.000. The third-order valence-electron chi connectivity index (χ3n) is 2.32. The first-order valence-electron chi connectivity index (χ1n) is 6.01. The Balaban J connectivity index is 2.66. The van der Waals surface area contributed by atoms with Gasteiger partial charge >= 0.3 is 5.97 Å². The highest BCUT2D eigenvalue weighted by Gasteiger charge is 2.06. The molecule has 0 aliphatic carbocycles. The lowest BCUT2D eigenvalue weighted by Gasteiger charge is -2.13. The van der Waals surface area contributed by atoms with Crippen molar-refractivity contribution in [3.8, 4) is 11.8 Å². The Hall–Kier alpha value is -1.83. The number of aliphatic hydroxyl groups is 1. The van der Waals surface area contributed by atoms with Crippen LogP contribution in [0.25, 0.3) is 0 Å². The number of carboxylic acids is 1. The highest BCUT2D eigenvalue weighted by atomic mass is 16.4. The molecular formula is C15H19NO3. The van der Waals surface area contributed by atoms with Gasteiger partial charge in [0.1, 0.15) is 5.60 Å². The van der Waals surface area contributed by atoms with E-state index in [9.17, 15) is 9.90 Å². The number of nitrogens with zero attached hydrogens (tertiary/aromatic N) is 1. The number of rotatable bonds is 4. The van der Waals surface area contributed by atoms with E-state index in [1.807, 2.05) is 24.3 Å². The molecule has 4 heteroatoms. The number of hydrogen-bond acceptors (Lipinski definition) is 3. The van der Waals surface area contributed by atoms with Crippen LogP contribution in [0.2, 0.25) is 0 Å². The van der Waals surface area contributed by atoms with Gasteiger partial charge in [0.25, 0.3) is 0 Å². The van der Waals surface area contributed by atoms with Gasteiger partial charge in [0.2, 0.25) is 0 Å². The van der Waals surface area contributed by atoms with Gasteiger partial charge in [-0.15, -0.1) is 0 Å². The van der Waals surface area contributed by atoms with Crippen LogP contribution in [-0.4, -0.2) is 40.3 Å². The van der Waals surface area contributed by atoms with Crippen LogP contribution in [0, 0.1) is 11.8 Å². The van der Waals surface area contributed by atoms with Gasteiger partial charge < -0.3 is 10.2 Å². The summed E-state index contributed by atoms with van der Waals surface area (Å²) in [7, 11) is 1.76. The van der Waals surface area contributed by atoms with E-state index in [1.165, 1.54) is 0 Å². The third kappa shape index (κ3) is 6.61. The molecule has 19 heavy (non-hydrogen) atoms. The van der Waals surface area contributed by atoms with Crippen LogP contribution >= 0.6 is 0 Å². The van der Waals surface area contributed by atoms with Crippen LogP contribution in [0.5, 0.6) is 0 Å². The van der Waals surface area contributed by atoms with Gasteiger partial charge in [-0.1, -0.05) is 24.0 Å². The van der Waals surface area contributed by atoms with Gasteiger partial charge in [0.15, 0.2) is 0 Å². The lowest BCUT2D eigenvalue weighted by molar-refractivity contribution is -0.138. The number of likely N-dealkylation sites (N-methyl/N-ethyl adjacent to an activating group) is 1. The Labute approximate surface area is 113 Å². The Kier molecular flexibility index (Phi) is 5.11. The maximum Gasteiger partial charge on any atom is 0.317 e. The minimum absolute atomic E-state index is 0.0141. The fourth-order valence-corrected chi connectivity index (χ4v) is 1.52. The first-order valence-corrected chi connectivity index (χ1v) is 6.01. The molecular weight excluding hydrogens is 242 g/mol. The summed E-state index contributed by atoms with van der Waals surface area (Å²) in [5.74, 6) is 4.79. The molecule has 0 radical (unpaired) electrons. The smallest absolute Gasteiger partial charge is 0.317 e. The van der Waals surface area contributed by atoms with Crippen molar-refractivity contribution in [3.05, 3.63) is 35.4 Å². The molecule has 1 aromatic rings. The molecule has 102 valence electrons. The molecule has 0 bridgehead atoms. The summed E-state index contributed by atoms with van der Waals surface area (Å²) >= 11 is 0. The van der Waals surface area contributed by atoms with E-state index < -0.39 is 11.6 Å². The van der Waals surface area contributed by atoms with E-state index in [-0.39, 0.29) is 6.54 Å². The molecule has 0 unspecified atom stereocenters. The van der Waals surface area contributed by atoms with Crippen LogP contribution in [0.1, 0.15) is 25.0 Å². The van der Waals surface area contributed by atoms with Crippen molar-refractivity contribution < 1.29 is 15.0 Å². The van der Waals surface area contributed by atoms with Gasteiger partial charge in [0.05, 0.1) is 6.54 Å². The second-order valence-corrected chi connectivity index (χ2v) is 5.07. The van der Waals surface area contributed by atoms with E-state index in [0.29, 0.717) is 6.54 Å². The zero-order valence-electron chi connectivity index (χ0n) is 11.5. The Morgan fingerprint density at radius 2 is 1.89 bits per heavy atom. The lowest BCUT2D eigenvalue weighted by atomic mass is 10.1. The van der Waals surface area contributed by atoms with Crippen LogP contribution < -0.4 is 0 Å². The molecule has 2 N–H and O–H groups in total. The Morgan fingerprint density at radius 3 is 2.37 bits per heavy atom. The van der Waals surface area contributed by atoms with Crippen molar-refractivity contribution in [1.29, 1.82) is 0 Å². The van der Waals surface area contributed by atoms with Crippen LogP contribution in [0.3, 0.4) is 0 Å². The van der Waals surface area contributed by atoms with Crippen LogP contribution in [0.15, 0.2) is 24.3 Å². The SMILES string of the molecule is CN(CC(=O)O)Cc1ccc(C#CC(C)(C)O)cc1. The third-order valence-corrected chi connectivity index (χ3v) is 2.32. The summed E-state index contributed by atoms with van der Waals surface area (Å²) in [5.41, 5.74) is 0.852. The molecule has 0 heterocycles. The first-order chi connectivity index (χ1) is 8.76. The second kappa shape index (κ2) is 6.37. The zero-order chi connectivity index (χ0) is 14.5. The van der Waals surface area contributed by atoms with Crippen molar-refractivity contribution in [2.24, 2.45) is 0 Å². The topological polar surface area (TPSA) is 60.8 Å². The predicted molar refractivity (Wildman–Crippen MR) is 73.6 cm³/mol. The van der Waals surface area contributed by atoms with Gasteiger partial charge in [-0.3, -0.25) is 9.69 Å². The van der Waals surface area contributed by atoms with Crippen molar-refractivity contribution >= 4 is 5.97 Å². The summed E-state index contributed by atoms with van der Waals surface area (Å²) in [6.45, 7) is 3.86. The van der Waals surface area contributed by atoms with Gasteiger partial charge in [0, 0.05) is 12.1 Å². The summed E-state index contributed by atoms with van der Waals surface area (Å²) in [5, 5.41) is 18.2. The zero-order valence-corrected chi connectivity index (χ0v) is 11.5. The normalized spacial score (nSPS) is 11.0. The molecule has 0 saturated heterocycles.